The summed E-state index contributed by atoms with van der Waals surface area (Å²) in [5.74, 6) is -2.20. The Hall–Kier alpha value is -1.83. The summed E-state index contributed by atoms with van der Waals surface area (Å²) < 4.78 is 0. The molecule has 0 saturated carbocycles. The van der Waals surface area contributed by atoms with Crippen molar-refractivity contribution in [2.45, 2.75) is 0 Å². The number of guanidine groups is 1. The van der Waals surface area contributed by atoms with Gasteiger partial charge in [0.1, 0.15) is 6.54 Å². The first-order chi connectivity index (χ1) is 6.31. The minimum absolute atomic E-state index is 0.227. The Labute approximate surface area is 80.6 Å². The SMILES string of the molecule is CN(CC(=O)O)C(=N)N.NCC(=O)O. The normalized spacial score (nSPS) is 8.14. The number of aliphatic carboxylic acids is 2. The summed E-state index contributed by atoms with van der Waals surface area (Å²) in [6, 6.07) is 0. The molecule has 14 heavy (non-hydrogen) atoms. The monoisotopic (exact) mass is 206 g/mol. The molecule has 0 unspecified atom stereocenters. The standard InChI is InChI=1S/C4H9N3O2.C2H5NO2/c1-7(4(5)6)2-3(8)9;3-1-2(4)5/h2H2,1H3,(H3,5,6)(H,8,9);1,3H2,(H,4,5). The number of nitrogens with one attached hydrogen (secondary N) is 1. The quantitative estimate of drug-likeness (QED) is 0.262. The van der Waals surface area contributed by atoms with Crippen LogP contribution in [0.3, 0.4) is 0 Å². The predicted molar refractivity (Wildman–Crippen MR) is 48.9 cm³/mol. The van der Waals surface area contributed by atoms with Gasteiger partial charge in [-0.25, -0.2) is 0 Å². The maximum atomic E-state index is 9.92. The minimum atomic E-state index is -0.993. The molecular formula is C6H14N4O4. The Kier molecular flexibility index (Phi) is 8.18. The van der Waals surface area contributed by atoms with Gasteiger partial charge >= 0.3 is 11.9 Å². The van der Waals surface area contributed by atoms with Gasteiger partial charge in [-0.15, -0.1) is 0 Å². The van der Waals surface area contributed by atoms with Crippen LogP contribution in [0.5, 0.6) is 0 Å². The smallest absolute Gasteiger partial charge is 0.323 e. The average molecular weight is 206 g/mol. The molecule has 0 aliphatic heterocycles. The second-order valence-corrected chi connectivity index (χ2v) is 2.23. The highest BCUT2D eigenvalue weighted by molar-refractivity contribution is 5.79. The van der Waals surface area contributed by atoms with E-state index < -0.39 is 11.9 Å². The van der Waals surface area contributed by atoms with Crippen molar-refractivity contribution in [1.82, 2.24) is 4.90 Å². The highest BCUT2D eigenvalue weighted by Crippen LogP contribution is 1.76. The van der Waals surface area contributed by atoms with Crippen LogP contribution in [0.25, 0.3) is 0 Å². The molecular weight excluding hydrogens is 192 g/mol. The van der Waals surface area contributed by atoms with E-state index in [9.17, 15) is 9.59 Å². The summed E-state index contributed by atoms with van der Waals surface area (Å²) in [6.07, 6.45) is 0. The number of likely N-dealkylation sites (N-methyl/N-ethyl adjacent to an activating group) is 1. The molecule has 0 fully saturated rings. The van der Waals surface area contributed by atoms with Crippen molar-refractivity contribution in [3.63, 3.8) is 0 Å². The molecule has 0 aromatic heterocycles. The average Bonchev–Trinajstić information content (AvgIpc) is 2.04. The van der Waals surface area contributed by atoms with Gasteiger partial charge in [-0.05, 0) is 0 Å². The van der Waals surface area contributed by atoms with Crippen molar-refractivity contribution in [2.24, 2.45) is 11.5 Å². The first-order valence-corrected chi connectivity index (χ1v) is 3.50. The van der Waals surface area contributed by atoms with E-state index in [-0.39, 0.29) is 19.0 Å². The number of carboxylic acids is 2. The molecule has 0 aliphatic carbocycles. The number of rotatable bonds is 3. The second-order valence-electron chi connectivity index (χ2n) is 2.23. The van der Waals surface area contributed by atoms with Gasteiger partial charge in [-0.3, -0.25) is 15.0 Å². The topological polar surface area (TPSA) is 154 Å². The number of nitrogens with zero attached hydrogens (tertiary/aromatic N) is 1. The zero-order valence-electron chi connectivity index (χ0n) is 7.73. The minimum Gasteiger partial charge on any atom is -0.480 e. The van der Waals surface area contributed by atoms with Gasteiger partial charge in [0.2, 0.25) is 0 Å². The van der Waals surface area contributed by atoms with Crippen LogP contribution >= 0.6 is 0 Å². The van der Waals surface area contributed by atoms with E-state index >= 15 is 0 Å². The van der Waals surface area contributed by atoms with Crippen LogP contribution in [-0.4, -0.2) is 53.1 Å². The predicted octanol–water partition coefficient (Wildman–Crippen LogP) is -2.07. The molecule has 0 atom stereocenters. The Bertz CT molecular complexity index is 218. The molecule has 0 amide bonds. The number of carbonyl (C=O) groups is 2. The van der Waals surface area contributed by atoms with Gasteiger partial charge in [0.25, 0.3) is 0 Å². The molecule has 0 radical (unpaired) electrons. The molecule has 82 valence electrons. The van der Waals surface area contributed by atoms with Gasteiger partial charge in [0.05, 0.1) is 6.54 Å². The molecule has 0 aromatic carbocycles. The fourth-order valence-corrected chi connectivity index (χ4v) is 0.288. The summed E-state index contributed by atoms with van der Waals surface area (Å²) in [6.45, 7) is -0.505. The maximum Gasteiger partial charge on any atom is 0.323 e. The van der Waals surface area contributed by atoms with Crippen LogP contribution in [0, 0.1) is 5.41 Å². The number of hydrogen-bond acceptors (Lipinski definition) is 4. The lowest BCUT2D eigenvalue weighted by Gasteiger charge is -2.12. The first-order valence-electron chi connectivity index (χ1n) is 3.50. The van der Waals surface area contributed by atoms with Crippen LogP contribution in [0.2, 0.25) is 0 Å². The molecule has 0 bridgehead atoms. The van der Waals surface area contributed by atoms with E-state index in [1.165, 1.54) is 7.05 Å². The molecule has 8 nitrogen and oxygen atoms in total. The lowest BCUT2D eigenvalue weighted by molar-refractivity contribution is -0.137. The Morgan fingerprint density at radius 2 is 1.71 bits per heavy atom. The molecule has 0 spiro atoms. The molecule has 8 heteroatoms. The van der Waals surface area contributed by atoms with Gasteiger partial charge in [-0.1, -0.05) is 0 Å². The van der Waals surface area contributed by atoms with Crippen molar-refractivity contribution in [3.8, 4) is 0 Å². The Morgan fingerprint density at radius 3 is 1.79 bits per heavy atom. The maximum absolute atomic E-state index is 9.92. The second kappa shape index (κ2) is 7.80. The zero-order chi connectivity index (χ0) is 11.7. The summed E-state index contributed by atoms with van der Waals surface area (Å²) in [7, 11) is 1.44. The third-order valence-corrected chi connectivity index (χ3v) is 0.958. The molecule has 0 heterocycles. The van der Waals surface area contributed by atoms with Crippen LogP contribution in [-0.2, 0) is 9.59 Å². The molecule has 0 aliphatic rings. The Morgan fingerprint density at radius 1 is 1.36 bits per heavy atom. The van der Waals surface area contributed by atoms with E-state index in [1.54, 1.807) is 0 Å². The largest absolute Gasteiger partial charge is 0.480 e. The van der Waals surface area contributed by atoms with Crippen LogP contribution in [0.4, 0.5) is 0 Å². The van der Waals surface area contributed by atoms with Crippen LogP contribution in [0.1, 0.15) is 0 Å². The summed E-state index contributed by atoms with van der Waals surface area (Å²) in [4.78, 5) is 20.3. The van der Waals surface area contributed by atoms with Crippen LogP contribution in [0.15, 0.2) is 0 Å². The van der Waals surface area contributed by atoms with E-state index in [2.05, 4.69) is 5.73 Å². The van der Waals surface area contributed by atoms with Crippen molar-refractivity contribution in [3.05, 3.63) is 0 Å². The third kappa shape index (κ3) is 12.8. The van der Waals surface area contributed by atoms with Gasteiger partial charge < -0.3 is 26.6 Å². The number of hydrogen-bond donors (Lipinski definition) is 5. The van der Waals surface area contributed by atoms with E-state index in [0.29, 0.717) is 0 Å². The van der Waals surface area contributed by atoms with Crippen molar-refractivity contribution in [2.75, 3.05) is 20.1 Å². The van der Waals surface area contributed by atoms with E-state index in [1.807, 2.05) is 0 Å². The van der Waals surface area contributed by atoms with Gasteiger partial charge in [-0.2, -0.15) is 0 Å². The van der Waals surface area contributed by atoms with E-state index in [4.69, 9.17) is 21.4 Å². The first kappa shape index (κ1) is 14.7. The summed E-state index contributed by atoms with van der Waals surface area (Å²) >= 11 is 0. The van der Waals surface area contributed by atoms with Gasteiger partial charge in [0.15, 0.2) is 5.96 Å². The lowest BCUT2D eigenvalue weighted by atomic mass is 10.6. The van der Waals surface area contributed by atoms with Crippen LogP contribution < -0.4 is 11.5 Å². The van der Waals surface area contributed by atoms with Crippen molar-refractivity contribution < 1.29 is 19.8 Å². The number of carboxylic acid groups (broad SMARTS) is 2. The number of nitrogens with two attached hydrogens (primary N) is 2. The van der Waals surface area contributed by atoms with Gasteiger partial charge in [0, 0.05) is 7.05 Å². The van der Waals surface area contributed by atoms with E-state index in [0.717, 1.165) is 4.90 Å². The highest BCUT2D eigenvalue weighted by Gasteiger charge is 2.03. The molecule has 0 saturated heterocycles. The fourth-order valence-electron chi connectivity index (χ4n) is 0.288. The summed E-state index contributed by atoms with van der Waals surface area (Å²) in [5, 5.41) is 22.5. The summed E-state index contributed by atoms with van der Waals surface area (Å²) in [5.41, 5.74) is 9.50. The highest BCUT2D eigenvalue weighted by atomic mass is 16.4. The molecule has 0 rings (SSSR count). The lowest BCUT2D eigenvalue weighted by Crippen LogP contribution is -2.36. The molecule has 0 aromatic rings. The zero-order valence-corrected chi connectivity index (χ0v) is 7.73. The molecule has 7 N–H and O–H groups in total. The van der Waals surface area contributed by atoms with Crippen molar-refractivity contribution in [1.29, 1.82) is 5.41 Å². The fraction of sp³-hybridized carbons (Fsp3) is 0.500. The Balaban J connectivity index is 0. The van der Waals surface area contributed by atoms with Crippen molar-refractivity contribution >= 4 is 17.9 Å². The third-order valence-electron chi connectivity index (χ3n) is 0.958.